The number of nitrogens with zero attached hydrogens (tertiary/aromatic N) is 3. The largest absolute Gasteiger partial charge is 0.379 e. The predicted octanol–water partition coefficient (Wildman–Crippen LogP) is 2.46. The van der Waals surface area contributed by atoms with E-state index in [1.807, 2.05) is 18.4 Å². The summed E-state index contributed by atoms with van der Waals surface area (Å²) in [6.07, 6.45) is 1.00. The molecule has 1 fully saturated rings. The van der Waals surface area contributed by atoms with Crippen LogP contribution in [0.1, 0.15) is 16.5 Å². The predicted molar refractivity (Wildman–Crippen MR) is 126 cm³/mol. The Bertz CT molecular complexity index is 744. The third kappa shape index (κ3) is 6.80. The first-order chi connectivity index (χ1) is 14.7. The SMILES string of the molecule is CN=C(NCC(Cc1ccccc1)N(C)C)NCC(c1cccs1)N1CCOCC1. The van der Waals surface area contributed by atoms with E-state index in [2.05, 4.69) is 87.4 Å². The van der Waals surface area contributed by atoms with Crippen molar-refractivity contribution in [1.29, 1.82) is 0 Å². The van der Waals surface area contributed by atoms with Crippen LogP contribution in [-0.4, -0.2) is 82.3 Å². The maximum Gasteiger partial charge on any atom is 0.191 e. The van der Waals surface area contributed by atoms with Gasteiger partial charge in [0, 0.05) is 44.1 Å². The third-order valence-corrected chi connectivity index (χ3v) is 6.57. The van der Waals surface area contributed by atoms with Crippen molar-refractivity contribution in [3.05, 3.63) is 58.3 Å². The van der Waals surface area contributed by atoms with Crippen LogP contribution in [0.15, 0.2) is 52.8 Å². The molecule has 0 aliphatic carbocycles. The Kier molecular flexibility index (Phi) is 9.14. The summed E-state index contributed by atoms with van der Waals surface area (Å²) >= 11 is 1.82. The van der Waals surface area contributed by atoms with Crippen LogP contribution in [0.3, 0.4) is 0 Å². The summed E-state index contributed by atoms with van der Waals surface area (Å²) < 4.78 is 5.55. The van der Waals surface area contributed by atoms with Gasteiger partial charge in [0.2, 0.25) is 0 Å². The molecular weight excluding hydrogens is 394 g/mol. The molecule has 0 bridgehead atoms. The highest BCUT2D eigenvalue weighted by molar-refractivity contribution is 7.10. The van der Waals surface area contributed by atoms with Crippen molar-refractivity contribution >= 4 is 17.3 Å². The van der Waals surface area contributed by atoms with E-state index in [9.17, 15) is 0 Å². The van der Waals surface area contributed by atoms with E-state index in [-0.39, 0.29) is 0 Å². The quantitative estimate of drug-likeness (QED) is 0.474. The minimum Gasteiger partial charge on any atom is -0.379 e. The molecule has 6 nitrogen and oxygen atoms in total. The van der Waals surface area contributed by atoms with Gasteiger partial charge in [-0.05, 0) is 37.5 Å². The molecule has 7 heteroatoms. The number of rotatable bonds is 9. The number of morpholine rings is 1. The van der Waals surface area contributed by atoms with Gasteiger partial charge in [-0.2, -0.15) is 0 Å². The second-order valence-electron chi connectivity index (χ2n) is 7.82. The Balaban J connectivity index is 1.55. The number of benzene rings is 1. The fraction of sp³-hybridized carbons (Fsp3) is 0.522. The third-order valence-electron chi connectivity index (χ3n) is 5.59. The maximum absolute atomic E-state index is 5.55. The molecule has 0 radical (unpaired) electrons. The molecule has 1 aromatic carbocycles. The summed E-state index contributed by atoms with van der Waals surface area (Å²) in [4.78, 5) is 10.6. The Morgan fingerprint density at radius 3 is 2.47 bits per heavy atom. The van der Waals surface area contributed by atoms with Gasteiger partial charge in [0.05, 0.1) is 19.3 Å². The van der Waals surface area contributed by atoms with Crippen LogP contribution in [0.4, 0.5) is 0 Å². The van der Waals surface area contributed by atoms with Crippen LogP contribution < -0.4 is 10.6 Å². The topological polar surface area (TPSA) is 52.1 Å². The standard InChI is InChI=1S/C23H35N5OS/c1-24-23(25-17-20(27(2)3)16-19-8-5-4-6-9-19)26-18-21(22-10-7-15-30-22)28-11-13-29-14-12-28/h4-10,15,20-21H,11-14,16-18H2,1-3H3,(H2,24,25,26). The highest BCUT2D eigenvalue weighted by Crippen LogP contribution is 2.25. The molecule has 2 N–H and O–H groups in total. The second kappa shape index (κ2) is 12.1. The van der Waals surface area contributed by atoms with Crippen LogP contribution >= 0.6 is 11.3 Å². The molecule has 2 unspecified atom stereocenters. The average Bonchev–Trinajstić information content (AvgIpc) is 3.31. The van der Waals surface area contributed by atoms with Crippen molar-refractivity contribution in [3.63, 3.8) is 0 Å². The Morgan fingerprint density at radius 1 is 1.10 bits per heavy atom. The van der Waals surface area contributed by atoms with E-state index in [0.29, 0.717) is 12.1 Å². The number of guanidine groups is 1. The molecule has 2 atom stereocenters. The van der Waals surface area contributed by atoms with E-state index < -0.39 is 0 Å². The van der Waals surface area contributed by atoms with Gasteiger partial charge >= 0.3 is 0 Å². The minimum absolute atomic E-state index is 0.335. The summed E-state index contributed by atoms with van der Waals surface area (Å²) in [6.45, 7) is 5.21. The minimum atomic E-state index is 0.335. The molecule has 2 heterocycles. The van der Waals surface area contributed by atoms with E-state index in [0.717, 1.165) is 51.8 Å². The van der Waals surface area contributed by atoms with Crippen molar-refractivity contribution in [3.8, 4) is 0 Å². The van der Waals surface area contributed by atoms with Crippen molar-refractivity contribution in [1.82, 2.24) is 20.4 Å². The molecule has 2 aromatic rings. The normalized spacial score (nSPS) is 17.7. The van der Waals surface area contributed by atoms with E-state index in [1.165, 1.54) is 10.4 Å². The van der Waals surface area contributed by atoms with E-state index >= 15 is 0 Å². The Morgan fingerprint density at radius 2 is 1.83 bits per heavy atom. The van der Waals surface area contributed by atoms with Gasteiger partial charge in [0.25, 0.3) is 0 Å². The molecule has 1 aromatic heterocycles. The smallest absolute Gasteiger partial charge is 0.191 e. The Labute approximate surface area is 184 Å². The number of hydrogen-bond donors (Lipinski definition) is 2. The molecule has 0 amide bonds. The first-order valence-corrected chi connectivity index (χ1v) is 11.6. The highest BCUT2D eigenvalue weighted by Gasteiger charge is 2.23. The van der Waals surface area contributed by atoms with E-state index in [4.69, 9.17) is 4.74 Å². The summed E-state index contributed by atoms with van der Waals surface area (Å²) in [6, 6.07) is 15.7. The summed E-state index contributed by atoms with van der Waals surface area (Å²) in [5.74, 6) is 0.852. The lowest BCUT2D eigenvalue weighted by molar-refractivity contribution is 0.0177. The average molecular weight is 430 g/mol. The molecule has 1 aliphatic heterocycles. The second-order valence-corrected chi connectivity index (χ2v) is 8.80. The number of thiophene rings is 1. The summed E-state index contributed by atoms with van der Waals surface area (Å²) in [5.41, 5.74) is 1.35. The van der Waals surface area contributed by atoms with Gasteiger partial charge in [-0.3, -0.25) is 9.89 Å². The molecule has 0 saturated carbocycles. The first kappa shape index (κ1) is 22.7. The zero-order valence-electron chi connectivity index (χ0n) is 18.4. The van der Waals surface area contributed by atoms with Crippen LogP contribution in [0.5, 0.6) is 0 Å². The molecule has 3 rings (SSSR count). The van der Waals surface area contributed by atoms with Gasteiger partial charge in [-0.15, -0.1) is 11.3 Å². The van der Waals surface area contributed by atoms with Crippen molar-refractivity contribution in [2.75, 3.05) is 60.5 Å². The van der Waals surface area contributed by atoms with Crippen molar-refractivity contribution in [2.24, 2.45) is 4.99 Å². The Hall–Kier alpha value is -1.93. The van der Waals surface area contributed by atoms with Crippen LogP contribution in [0, 0.1) is 0 Å². The zero-order valence-corrected chi connectivity index (χ0v) is 19.2. The lowest BCUT2D eigenvalue weighted by atomic mass is 10.1. The lowest BCUT2D eigenvalue weighted by Crippen LogP contribution is -2.49. The number of nitrogens with one attached hydrogen (secondary N) is 2. The fourth-order valence-corrected chi connectivity index (χ4v) is 4.59. The van der Waals surface area contributed by atoms with Crippen molar-refractivity contribution in [2.45, 2.75) is 18.5 Å². The number of likely N-dealkylation sites (N-methyl/N-ethyl adjacent to an activating group) is 1. The van der Waals surface area contributed by atoms with Crippen LogP contribution in [0.25, 0.3) is 0 Å². The van der Waals surface area contributed by atoms with Gasteiger partial charge in [-0.1, -0.05) is 36.4 Å². The monoisotopic (exact) mass is 429 g/mol. The summed E-state index contributed by atoms with van der Waals surface area (Å²) in [7, 11) is 6.11. The van der Waals surface area contributed by atoms with Crippen molar-refractivity contribution < 1.29 is 4.74 Å². The fourth-order valence-electron chi connectivity index (χ4n) is 3.73. The molecule has 30 heavy (non-hydrogen) atoms. The van der Waals surface area contributed by atoms with Crippen LogP contribution in [-0.2, 0) is 11.2 Å². The number of aliphatic imine (C=N–C) groups is 1. The number of hydrogen-bond acceptors (Lipinski definition) is 5. The molecule has 164 valence electrons. The van der Waals surface area contributed by atoms with Gasteiger partial charge in [0.15, 0.2) is 5.96 Å². The summed E-state index contributed by atoms with van der Waals surface area (Å²) in [5, 5.41) is 9.24. The lowest BCUT2D eigenvalue weighted by Gasteiger charge is -2.34. The molecule has 0 spiro atoms. The zero-order chi connectivity index (χ0) is 21.2. The maximum atomic E-state index is 5.55. The highest BCUT2D eigenvalue weighted by atomic mass is 32.1. The molecule has 1 saturated heterocycles. The number of ether oxygens (including phenoxy) is 1. The first-order valence-electron chi connectivity index (χ1n) is 10.7. The van der Waals surface area contributed by atoms with Crippen LogP contribution in [0.2, 0.25) is 0 Å². The van der Waals surface area contributed by atoms with Gasteiger partial charge in [-0.25, -0.2) is 0 Å². The van der Waals surface area contributed by atoms with Gasteiger partial charge in [0.1, 0.15) is 0 Å². The molecular formula is C23H35N5OS. The van der Waals surface area contributed by atoms with E-state index in [1.54, 1.807) is 0 Å². The molecule has 1 aliphatic rings. The van der Waals surface area contributed by atoms with Gasteiger partial charge < -0.3 is 20.3 Å².